The SMILES string of the molecule is COc1ccc(CO[C@@H](CC(=O)NO)C[C@H](O)CCn2c(-c3ccc(F)cc3)c(-c3ccccc3)c(C(=O)Nc3ccccc3)c2C(C)C)cc1. The van der Waals surface area contributed by atoms with Crippen LogP contribution in [0.5, 0.6) is 5.75 Å². The maximum atomic E-state index is 14.3. The number of carbonyl (C=O) groups is 2. The van der Waals surface area contributed by atoms with E-state index < -0.39 is 18.1 Å². The van der Waals surface area contributed by atoms with E-state index in [2.05, 4.69) is 9.88 Å². The minimum absolute atomic E-state index is 0.112. The van der Waals surface area contributed by atoms with Crippen LogP contribution in [0.2, 0.25) is 0 Å². The molecule has 0 aliphatic heterocycles. The molecule has 0 spiro atoms. The number of nitrogens with one attached hydrogen (secondary N) is 2. The maximum absolute atomic E-state index is 14.3. The maximum Gasteiger partial charge on any atom is 0.258 e. The van der Waals surface area contributed by atoms with Crippen LogP contribution in [0.15, 0.2) is 109 Å². The summed E-state index contributed by atoms with van der Waals surface area (Å²) < 4.78 is 27.6. The lowest BCUT2D eigenvalue weighted by molar-refractivity contribution is -0.133. The molecular formula is C41H44FN3O6. The first kappa shape index (κ1) is 37.0. The van der Waals surface area contributed by atoms with Crippen LogP contribution in [0.1, 0.15) is 60.6 Å². The molecule has 4 N–H and O–H groups in total. The number of rotatable bonds is 16. The summed E-state index contributed by atoms with van der Waals surface area (Å²) in [6.45, 7) is 4.52. The monoisotopic (exact) mass is 693 g/mol. The molecule has 9 nitrogen and oxygen atoms in total. The summed E-state index contributed by atoms with van der Waals surface area (Å²) in [7, 11) is 1.58. The Balaban J connectivity index is 1.51. The molecule has 5 rings (SSSR count). The van der Waals surface area contributed by atoms with Crippen LogP contribution >= 0.6 is 0 Å². The molecule has 0 fully saturated rings. The fraction of sp³-hybridized carbons (Fsp3) is 0.268. The molecule has 0 saturated heterocycles. The van der Waals surface area contributed by atoms with Gasteiger partial charge in [0.25, 0.3) is 5.91 Å². The van der Waals surface area contributed by atoms with E-state index in [0.29, 0.717) is 34.7 Å². The molecule has 0 saturated carbocycles. The van der Waals surface area contributed by atoms with Gasteiger partial charge in [0.05, 0.1) is 43.6 Å². The van der Waals surface area contributed by atoms with Gasteiger partial charge in [-0.25, -0.2) is 9.87 Å². The van der Waals surface area contributed by atoms with E-state index in [-0.39, 0.29) is 43.5 Å². The van der Waals surface area contributed by atoms with Crippen molar-refractivity contribution >= 4 is 17.5 Å². The molecule has 1 heterocycles. The van der Waals surface area contributed by atoms with Crippen molar-refractivity contribution in [2.75, 3.05) is 12.4 Å². The summed E-state index contributed by atoms with van der Waals surface area (Å²) in [5.41, 5.74) is 7.38. The summed E-state index contributed by atoms with van der Waals surface area (Å²) in [6, 6.07) is 32.4. The number of hydroxylamine groups is 1. The number of hydrogen-bond donors (Lipinski definition) is 4. The number of aliphatic hydroxyl groups is 1. The Bertz CT molecular complexity index is 1880. The predicted molar refractivity (Wildman–Crippen MR) is 195 cm³/mol. The number of halogens is 1. The van der Waals surface area contributed by atoms with E-state index in [1.54, 1.807) is 24.7 Å². The Morgan fingerprint density at radius 3 is 2.12 bits per heavy atom. The van der Waals surface area contributed by atoms with Gasteiger partial charge in [0, 0.05) is 29.9 Å². The molecule has 2 amide bonds. The number of aliphatic hydroxyl groups excluding tert-OH is 1. The minimum Gasteiger partial charge on any atom is -0.497 e. The Morgan fingerprint density at radius 2 is 1.51 bits per heavy atom. The number of ether oxygens (including phenoxy) is 2. The highest BCUT2D eigenvalue weighted by Gasteiger charge is 2.31. The van der Waals surface area contributed by atoms with Crippen molar-refractivity contribution in [1.29, 1.82) is 0 Å². The molecule has 0 aliphatic rings. The number of para-hydroxylation sites is 1. The number of benzene rings is 4. The van der Waals surface area contributed by atoms with Crippen LogP contribution in [-0.4, -0.2) is 46.0 Å². The number of carbonyl (C=O) groups excluding carboxylic acids is 2. The van der Waals surface area contributed by atoms with Crippen molar-refractivity contribution in [2.24, 2.45) is 0 Å². The molecule has 266 valence electrons. The lowest BCUT2D eigenvalue weighted by Gasteiger charge is -2.22. The first-order valence-electron chi connectivity index (χ1n) is 17.0. The van der Waals surface area contributed by atoms with Crippen molar-refractivity contribution in [3.8, 4) is 28.1 Å². The quantitative estimate of drug-likeness (QED) is 0.0615. The van der Waals surface area contributed by atoms with E-state index >= 15 is 0 Å². The van der Waals surface area contributed by atoms with Gasteiger partial charge >= 0.3 is 0 Å². The van der Waals surface area contributed by atoms with Gasteiger partial charge in [0.1, 0.15) is 11.6 Å². The van der Waals surface area contributed by atoms with Crippen LogP contribution in [-0.2, 0) is 22.7 Å². The zero-order valence-corrected chi connectivity index (χ0v) is 29.0. The van der Waals surface area contributed by atoms with E-state index in [4.69, 9.17) is 9.47 Å². The highest BCUT2D eigenvalue weighted by molar-refractivity contribution is 6.12. The fourth-order valence-electron chi connectivity index (χ4n) is 6.31. The molecule has 4 aromatic carbocycles. The second kappa shape index (κ2) is 17.6. The Morgan fingerprint density at radius 1 is 0.863 bits per heavy atom. The first-order chi connectivity index (χ1) is 24.7. The number of methoxy groups -OCH3 is 1. The van der Waals surface area contributed by atoms with E-state index in [1.165, 1.54) is 12.1 Å². The number of aromatic nitrogens is 1. The molecular weight excluding hydrogens is 649 g/mol. The third kappa shape index (κ3) is 9.49. The highest BCUT2D eigenvalue weighted by atomic mass is 19.1. The average Bonchev–Trinajstić information content (AvgIpc) is 3.50. The van der Waals surface area contributed by atoms with Crippen LogP contribution in [0, 0.1) is 5.82 Å². The van der Waals surface area contributed by atoms with Gasteiger partial charge in [-0.3, -0.25) is 14.8 Å². The minimum atomic E-state index is -0.914. The van der Waals surface area contributed by atoms with Gasteiger partial charge in [0.2, 0.25) is 5.91 Å². The third-order valence-corrected chi connectivity index (χ3v) is 8.69. The lowest BCUT2D eigenvalue weighted by atomic mass is 9.94. The van der Waals surface area contributed by atoms with Crippen molar-refractivity contribution in [3.05, 3.63) is 132 Å². The molecule has 0 aliphatic carbocycles. The molecule has 0 radical (unpaired) electrons. The second-order valence-corrected chi connectivity index (χ2v) is 12.7. The van der Waals surface area contributed by atoms with Crippen LogP contribution in [0.3, 0.4) is 0 Å². The van der Waals surface area contributed by atoms with Gasteiger partial charge in [-0.15, -0.1) is 0 Å². The zero-order chi connectivity index (χ0) is 36.3. The Kier molecular flexibility index (Phi) is 12.7. The van der Waals surface area contributed by atoms with Crippen molar-refractivity contribution in [1.82, 2.24) is 10.0 Å². The van der Waals surface area contributed by atoms with Crippen LogP contribution < -0.4 is 15.5 Å². The summed E-state index contributed by atoms with van der Waals surface area (Å²) >= 11 is 0. The molecule has 51 heavy (non-hydrogen) atoms. The smallest absolute Gasteiger partial charge is 0.258 e. The van der Waals surface area contributed by atoms with E-state index in [0.717, 1.165) is 22.5 Å². The van der Waals surface area contributed by atoms with Crippen LogP contribution in [0.25, 0.3) is 22.4 Å². The number of hydrogen-bond acceptors (Lipinski definition) is 6. The standard InChI is InChI=1S/C41H44FN3O6/c1-27(2)39-38(41(48)43-32-12-8-5-9-13-32)37(29-10-6-4-7-11-29)40(30-16-18-31(42)19-17-30)45(39)23-22-33(46)24-35(25-36(47)44-49)51-26-28-14-20-34(50-3)21-15-28/h4-21,27,33,35,46,49H,22-26H2,1-3H3,(H,43,48)(H,44,47)/t33-,35-/m1/s1. The van der Waals surface area contributed by atoms with Gasteiger partial charge in [-0.1, -0.05) is 74.5 Å². The van der Waals surface area contributed by atoms with Crippen molar-refractivity contribution in [3.63, 3.8) is 0 Å². The fourth-order valence-corrected chi connectivity index (χ4v) is 6.31. The summed E-state index contributed by atoms with van der Waals surface area (Å²) in [6.07, 6.45) is -1.41. The molecule has 10 heteroatoms. The van der Waals surface area contributed by atoms with Gasteiger partial charge in [0.15, 0.2) is 0 Å². The Labute approximate surface area is 297 Å². The van der Waals surface area contributed by atoms with Crippen molar-refractivity contribution < 1.29 is 33.8 Å². The van der Waals surface area contributed by atoms with Gasteiger partial charge < -0.3 is 24.5 Å². The second-order valence-electron chi connectivity index (χ2n) is 12.7. The molecule has 5 aromatic rings. The normalized spacial score (nSPS) is 12.4. The zero-order valence-electron chi connectivity index (χ0n) is 29.0. The molecule has 2 atom stereocenters. The third-order valence-electron chi connectivity index (χ3n) is 8.69. The lowest BCUT2D eigenvalue weighted by Crippen LogP contribution is -2.29. The van der Waals surface area contributed by atoms with Crippen LogP contribution in [0.4, 0.5) is 10.1 Å². The molecule has 1 aromatic heterocycles. The Hall–Kier alpha value is -5.29. The van der Waals surface area contributed by atoms with Gasteiger partial charge in [-0.05, 0) is 77.6 Å². The number of nitrogens with zero attached hydrogens (tertiary/aromatic N) is 1. The van der Waals surface area contributed by atoms with E-state index in [9.17, 15) is 24.3 Å². The molecule has 0 unspecified atom stereocenters. The largest absolute Gasteiger partial charge is 0.497 e. The summed E-state index contributed by atoms with van der Waals surface area (Å²) in [5, 5.41) is 23.7. The van der Waals surface area contributed by atoms with Gasteiger partial charge in [-0.2, -0.15) is 0 Å². The average molecular weight is 694 g/mol. The topological polar surface area (TPSA) is 122 Å². The predicted octanol–water partition coefficient (Wildman–Crippen LogP) is 7.97. The van der Waals surface area contributed by atoms with E-state index in [1.807, 2.05) is 98.8 Å². The number of amides is 2. The number of anilines is 1. The summed E-state index contributed by atoms with van der Waals surface area (Å²) in [5.74, 6) is -0.716. The highest BCUT2D eigenvalue weighted by Crippen LogP contribution is 2.42. The van der Waals surface area contributed by atoms with Crippen molar-refractivity contribution in [2.45, 2.75) is 64.4 Å². The molecule has 0 bridgehead atoms. The summed E-state index contributed by atoms with van der Waals surface area (Å²) in [4.78, 5) is 26.5. The first-order valence-corrected chi connectivity index (χ1v) is 17.0.